The van der Waals surface area contributed by atoms with Gasteiger partial charge >= 0.3 is 0 Å². The Labute approximate surface area is 110 Å². The topological polar surface area (TPSA) is 46.3 Å². The van der Waals surface area contributed by atoms with Gasteiger partial charge < -0.3 is 10.6 Å². The molecule has 92 valence electrons. The van der Waals surface area contributed by atoms with Crippen molar-refractivity contribution < 1.29 is 4.79 Å². The lowest BCUT2D eigenvalue weighted by Crippen LogP contribution is -2.41. The van der Waals surface area contributed by atoms with E-state index in [0.717, 1.165) is 30.4 Å². The highest BCUT2D eigenvalue weighted by atomic mass is 79.9. The monoisotopic (exact) mass is 296 g/mol. The van der Waals surface area contributed by atoms with E-state index in [2.05, 4.69) is 39.9 Å². The number of aryl methyl sites for hydroxylation is 1. The maximum atomic E-state index is 11.3. The van der Waals surface area contributed by atoms with Crippen LogP contribution < -0.4 is 10.6 Å². The van der Waals surface area contributed by atoms with Crippen LogP contribution in [0.1, 0.15) is 18.4 Å². The van der Waals surface area contributed by atoms with Crippen molar-refractivity contribution in [1.29, 1.82) is 0 Å². The number of benzene rings is 1. The highest BCUT2D eigenvalue weighted by Crippen LogP contribution is 2.28. The van der Waals surface area contributed by atoms with E-state index in [1.54, 1.807) is 0 Å². The fourth-order valence-electron chi connectivity index (χ4n) is 2.40. The average Bonchev–Trinajstić information content (AvgIpc) is 2.29. The molecule has 0 bridgehead atoms. The van der Waals surface area contributed by atoms with Crippen molar-refractivity contribution in [3.8, 4) is 0 Å². The third kappa shape index (κ3) is 2.80. The second-order valence-corrected chi connectivity index (χ2v) is 5.53. The van der Waals surface area contributed by atoms with Crippen molar-refractivity contribution in [1.82, 2.24) is 0 Å². The van der Waals surface area contributed by atoms with Crippen LogP contribution in [0.15, 0.2) is 22.7 Å². The summed E-state index contributed by atoms with van der Waals surface area (Å²) in [5, 5.41) is 0. The van der Waals surface area contributed by atoms with Crippen LogP contribution in [0.3, 0.4) is 0 Å². The first-order valence-corrected chi connectivity index (χ1v) is 6.67. The first kappa shape index (κ1) is 12.4. The van der Waals surface area contributed by atoms with Crippen LogP contribution in [-0.2, 0) is 4.79 Å². The molecule has 0 radical (unpaired) electrons. The molecular weight excluding hydrogens is 280 g/mol. The number of primary amides is 1. The molecule has 2 rings (SSSR count). The summed E-state index contributed by atoms with van der Waals surface area (Å²) in [5.74, 6) is -0.184. The van der Waals surface area contributed by atoms with Gasteiger partial charge in [0.15, 0.2) is 0 Å². The molecule has 1 aromatic carbocycles. The quantitative estimate of drug-likeness (QED) is 0.911. The summed E-state index contributed by atoms with van der Waals surface area (Å²) in [6.45, 7) is 3.85. The maximum absolute atomic E-state index is 11.3. The lowest BCUT2D eigenvalue weighted by atomic mass is 9.96. The molecule has 1 aliphatic rings. The van der Waals surface area contributed by atoms with Crippen LogP contribution in [0.25, 0.3) is 0 Å². The van der Waals surface area contributed by atoms with Crippen LogP contribution in [0, 0.1) is 12.8 Å². The molecule has 1 saturated heterocycles. The van der Waals surface area contributed by atoms with Gasteiger partial charge in [-0.05, 0) is 43.5 Å². The molecule has 3 nitrogen and oxygen atoms in total. The van der Waals surface area contributed by atoms with Crippen molar-refractivity contribution in [3.63, 3.8) is 0 Å². The van der Waals surface area contributed by atoms with Crippen molar-refractivity contribution in [2.45, 2.75) is 19.8 Å². The van der Waals surface area contributed by atoms with Crippen LogP contribution in [0.4, 0.5) is 5.69 Å². The standard InChI is InChI=1S/C13H17BrN2O/c1-9-7-11(14)4-5-12(9)16-6-2-3-10(8-16)13(15)17/h4-5,7,10H,2-3,6,8H2,1H3,(H2,15,17). The Hall–Kier alpha value is -1.03. The van der Waals surface area contributed by atoms with E-state index in [1.165, 1.54) is 11.3 Å². The Bertz CT molecular complexity index is 433. The number of carbonyl (C=O) groups excluding carboxylic acids is 1. The van der Waals surface area contributed by atoms with Crippen molar-refractivity contribution in [3.05, 3.63) is 28.2 Å². The molecule has 2 N–H and O–H groups in total. The van der Waals surface area contributed by atoms with Crippen LogP contribution in [-0.4, -0.2) is 19.0 Å². The van der Waals surface area contributed by atoms with Gasteiger partial charge in [-0.1, -0.05) is 15.9 Å². The largest absolute Gasteiger partial charge is 0.371 e. The zero-order chi connectivity index (χ0) is 12.4. The first-order valence-electron chi connectivity index (χ1n) is 5.88. The van der Waals surface area contributed by atoms with Gasteiger partial charge in [0.25, 0.3) is 0 Å². The number of anilines is 1. The Morgan fingerprint density at radius 2 is 2.29 bits per heavy atom. The molecule has 1 aromatic rings. The van der Waals surface area contributed by atoms with Gasteiger partial charge in [-0.3, -0.25) is 4.79 Å². The number of nitrogens with zero attached hydrogens (tertiary/aromatic N) is 1. The molecular formula is C13H17BrN2O. The predicted octanol–water partition coefficient (Wildman–Crippen LogP) is 2.46. The van der Waals surface area contributed by atoms with Crippen LogP contribution in [0.5, 0.6) is 0 Å². The lowest BCUT2D eigenvalue weighted by molar-refractivity contribution is -0.122. The number of rotatable bonds is 2. The van der Waals surface area contributed by atoms with Crippen LogP contribution in [0.2, 0.25) is 0 Å². The summed E-state index contributed by atoms with van der Waals surface area (Å²) in [4.78, 5) is 13.5. The third-order valence-electron chi connectivity index (χ3n) is 3.32. The molecule has 0 saturated carbocycles. The SMILES string of the molecule is Cc1cc(Br)ccc1N1CCCC(C(N)=O)C1. The molecule has 0 spiro atoms. The van der Waals surface area contributed by atoms with Crippen molar-refractivity contribution in [2.75, 3.05) is 18.0 Å². The fraction of sp³-hybridized carbons (Fsp3) is 0.462. The van der Waals surface area contributed by atoms with Crippen molar-refractivity contribution in [2.24, 2.45) is 11.7 Å². The molecule has 1 amide bonds. The summed E-state index contributed by atoms with van der Waals surface area (Å²) in [5.41, 5.74) is 7.83. The summed E-state index contributed by atoms with van der Waals surface area (Å²) < 4.78 is 1.09. The van der Waals surface area contributed by atoms with Crippen LogP contribution >= 0.6 is 15.9 Å². The second-order valence-electron chi connectivity index (χ2n) is 4.62. The number of nitrogens with two attached hydrogens (primary N) is 1. The molecule has 1 heterocycles. The van der Waals surface area contributed by atoms with E-state index in [4.69, 9.17) is 5.73 Å². The minimum absolute atomic E-state index is 0.00760. The van der Waals surface area contributed by atoms with Gasteiger partial charge in [0.2, 0.25) is 5.91 Å². The van der Waals surface area contributed by atoms with E-state index in [0.29, 0.717) is 0 Å². The third-order valence-corrected chi connectivity index (χ3v) is 3.82. The molecule has 0 aliphatic carbocycles. The van der Waals surface area contributed by atoms with E-state index < -0.39 is 0 Å². The Morgan fingerprint density at radius 1 is 1.53 bits per heavy atom. The Balaban J connectivity index is 2.19. The number of hydrogen-bond donors (Lipinski definition) is 1. The maximum Gasteiger partial charge on any atom is 0.222 e. The second kappa shape index (κ2) is 5.08. The van der Waals surface area contributed by atoms with Gasteiger partial charge in [-0.15, -0.1) is 0 Å². The van der Waals surface area contributed by atoms with Gasteiger partial charge in [0, 0.05) is 23.2 Å². The molecule has 1 atom stereocenters. The summed E-state index contributed by atoms with van der Waals surface area (Å²) >= 11 is 3.46. The fourth-order valence-corrected chi connectivity index (χ4v) is 2.88. The minimum Gasteiger partial charge on any atom is -0.371 e. The molecule has 17 heavy (non-hydrogen) atoms. The smallest absolute Gasteiger partial charge is 0.222 e. The highest BCUT2D eigenvalue weighted by molar-refractivity contribution is 9.10. The zero-order valence-electron chi connectivity index (χ0n) is 9.95. The molecule has 1 aliphatic heterocycles. The van der Waals surface area contributed by atoms with E-state index >= 15 is 0 Å². The molecule has 1 unspecified atom stereocenters. The minimum atomic E-state index is -0.176. The summed E-state index contributed by atoms with van der Waals surface area (Å²) in [6.07, 6.45) is 1.95. The number of halogens is 1. The number of carbonyl (C=O) groups is 1. The predicted molar refractivity (Wildman–Crippen MR) is 73.0 cm³/mol. The molecule has 0 aromatic heterocycles. The van der Waals surface area contributed by atoms with Crippen molar-refractivity contribution >= 4 is 27.5 Å². The van der Waals surface area contributed by atoms with E-state index in [-0.39, 0.29) is 11.8 Å². The normalized spacial score (nSPS) is 20.4. The summed E-state index contributed by atoms with van der Waals surface area (Å²) in [6, 6.07) is 6.24. The number of piperidine rings is 1. The number of hydrogen-bond acceptors (Lipinski definition) is 2. The van der Waals surface area contributed by atoms with Gasteiger partial charge in [0.05, 0.1) is 5.92 Å². The highest BCUT2D eigenvalue weighted by Gasteiger charge is 2.24. The first-order chi connectivity index (χ1) is 8.08. The Kier molecular flexibility index (Phi) is 3.72. The van der Waals surface area contributed by atoms with E-state index in [1.807, 2.05) is 6.07 Å². The van der Waals surface area contributed by atoms with E-state index in [9.17, 15) is 4.79 Å². The average molecular weight is 297 g/mol. The summed E-state index contributed by atoms with van der Waals surface area (Å²) in [7, 11) is 0. The number of amides is 1. The molecule has 4 heteroatoms. The zero-order valence-corrected chi connectivity index (χ0v) is 11.5. The van der Waals surface area contributed by atoms with Gasteiger partial charge in [-0.2, -0.15) is 0 Å². The molecule has 1 fully saturated rings. The van der Waals surface area contributed by atoms with Gasteiger partial charge in [0.1, 0.15) is 0 Å². The Morgan fingerprint density at radius 3 is 2.94 bits per heavy atom. The lowest BCUT2D eigenvalue weighted by Gasteiger charge is -2.34. The van der Waals surface area contributed by atoms with Gasteiger partial charge in [-0.25, -0.2) is 0 Å².